The minimum absolute atomic E-state index is 0.0634. The maximum Gasteiger partial charge on any atom is 0.422 e. The number of hydrogen-bond donors (Lipinski definition) is 1. The number of benzene rings is 2. The van der Waals surface area contributed by atoms with Gasteiger partial charge in [-0.15, -0.1) is 0 Å². The van der Waals surface area contributed by atoms with Crippen LogP contribution in [-0.4, -0.2) is 40.2 Å². The summed E-state index contributed by atoms with van der Waals surface area (Å²) in [7, 11) is 1.25. The van der Waals surface area contributed by atoms with E-state index in [-0.39, 0.29) is 28.4 Å². The Balaban J connectivity index is 2.03. The van der Waals surface area contributed by atoms with Crippen molar-refractivity contribution in [1.82, 2.24) is 9.97 Å². The largest absolute Gasteiger partial charge is 0.495 e. The lowest BCUT2D eigenvalue weighted by Crippen LogP contribution is -2.47. The Morgan fingerprint density at radius 1 is 1.24 bits per heavy atom. The van der Waals surface area contributed by atoms with Gasteiger partial charge in [0.1, 0.15) is 22.4 Å². The van der Waals surface area contributed by atoms with Gasteiger partial charge in [-0.3, -0.25) is 4.99 Å². The normalized spacial score (nSPS) is 15.1. The third-order valence-corrected chi connectivity index (χ3v) is 5.76. The van der Waals surface area contributed by atoms with E-state index in [1.807, 2.05) is 0 Å². The van der Waals surface area contributed by atoms with Crippen LogP contribution in [0.1, 0.15) is 37.1 Å². The van der Waals surface area contributed by atoms with Crippen LogP contribution in [0.3, 0.4) is 0 Å². The molecule has 0 bridgehead atoms. The molecular formula is C23H22ClF4N3O2. The number of hydrogen-bond acceptors (Lipinski definition) is 5. The lowest BCUT2D eigenvalue weighted by atomic mass is 9.84. The molecule has 2 atom stereocenters. The first-order valence-electron chi connectivity index (χ1n) is 10.1. The van der Waals surface area contributed by atoms with Crippen molar-refractivity contribution in [3.05, 3.63) is 58.8 Å². The molecule has 0 aliphatic heterocycles. The molecule has 33 heavy (non-hydrogen) atoms. The highest BCUT2D eigenvalue weighted by molar-refractivity contribution is 6.32. The van der Waals surface area contributed by atoms with Crippen molar-refractivity contribution in [2.45, 2.75) is 44.4 Å². The van der Waals surface area contributed by atoms with Crippen LogP contribution in [0, 0.1) is 12.7 Å². The number of fused-ring (bicyclic) bond motifs is 1. The molecule has 3 aromatic rings. The van der Waals surface area contributed by atoms with E-state index in [4.69, 9.17) is 16.3 Å². The van der Waals surface area contributed by atoms with E-state index < -0.39 is 29.9 Å². The number of ether oxygens (including phenoxy) is 1. The molecule has 0 aliphatic rings. The fraction of sp³-hybridized carbons (Fsp3) is 0.348. The summed E-state index contributed by atoms with van der Waals surface area (Å²) in [4.78, 5) is 12.3. The maximum atomic E-state index is 14.0. The van der Waals surface area contributed by atoms with E-state index in [0.29, 0.717) is 22.9 Å². The Hall–Kier alpha value is -2.78. The molecule has 0 amide bonds. The fourth-order valence-electron chi connectivity index (χ4n) is 3.59. The van der Waals surface area contributed by atoms with E-state index in [9.17, 15) is 22.7 Å². The molecule has 0 unspecified atom stereocenters. The average molecular weight is 484 g/mol. The Morgan fingerprint density at radius 2 is 1.97 bits per heavy atom. The number of alkyl halides is 3. The molecule has 0 saturated carbocycles. The molecule has 0 fully saturated rings. The third kappa shape index (κ3) is 5.09. The Labute approximate surface area is 193 Å². The van der Waals surface area contributed by atoms with Crippen LogP contribution in [0.15, 0.2) is 41.5 Å². The van der Waals surface area contributed by atoms with Gasteiger partial charge in [-0.2, -0.15) is 13.2 Å². The summed E-state index contributed by atoms with van der Waals surface area (Å²) in [5, 5.41) is 10.8. The summed E-state index contributed by atoms with van der Waals surface area (Å²) >= 11 is 5.95. The molecule has 0 aliphatic carbocycles. The van der Waals surface area contributed by atoms with Crippen LogP contribution >= 0.6 is 11.6 Å². The van der Waals surface area contributed by atoms with Gasteiger partial charge in [0.05, 0.1) is 18.3 Å². The van der Waals surface area contributed by atoms with Crippen LogP contribution in [0.4, 0.5) is 23.2 Å². The zero-order valence-corrected chi connectivity index (χ0v) is 18.9. The topological polar surface area (TPSA) is 67.6 Å². The highest BCUT2D eigenvalue weighted by Gasteiger charge is 2.53. The van der Waals surface area contributed by atoms with Crippen molar-refractivity contribution >= 4 is 34.4 Å². The van der Waals surface area contributed by atoms with Gasteiger partial charge in [-0.1, -0.05) is 30.7 Å². The Bertz CT molecular complexity index is 1190. The molecule has 3 rings (SSSR count). The van der Waals surface area contributed by atoms with Crippen molar-refractivity contribution in [2.75, 3.05) is 7.11 Å². The summed E-state index contributed by atoms with van der Waals surface area (Å²) in [6.45, 7) is 3.35. The lowest BCUT2D eigenvalue weighted by Gasteiger charge is -2.31. The average Bonchev–Trinajstić information content (AvgIpc) is 2.76. The second kappa shape index (κ2) is 9.61. The summed E-state index contributed by atoms with van der Waals surface area (Å²) in [5.41, 5.74) is -2.31. The molecule has 176 valence electrons. The summed E-state index contributed by atoms with van der Waals surface area (Å²) in [5.74, 6) is -1.16. The molecule has 5 nitrogen and oxygen atoms in total. The highest BCUT2D eigenvalue weighted by Crippen LogP contribution is 2.43. The van der Waals surface area contributed by atoms with Gasteiger partial charge < -0.3 is 9.84 Å². The van der Waals surface area contributed by atoms with Crippen LogP contribution in [0.5, 0.6) is 5.75 Å². The Morgan fingerprint density at radius 3 is 2.61 bits per heavy atom. The van der Waals surface area contributed by atoms with E-state index in [2.05, 4.69) is 15.0 Å². The summed E-state index contributed by atoms with van der Waals surface area (Å²) in [6.07, 6.45) is -3.64. The zero-order chi connectivity index (χ0) is 24.4. The van der Waals surface area contributed by atoms with Crippen LogP contribution in [0.25, 0.3) is 10.9 Å². The number of halogens is 5. The van der Waals surface area contributed by atoms with Crippen molar-refractivity contribution in [3.8, 4) is 5.75 Å². The van der Waals surface area contributed by atoms with Crippen molar-refractivity contribution in [1.29, 1.82) is 0 Å². The van der Waals surface area contributed by atoms with E-state index in [1.54, 1.807) is 26.0 Å². The molecule has 0 spiro atoms. The van der Waals surface area contributed by atoms with E-state index in [1.165, 1.54) is 25.4 Å². The van der Waals surface area contributed by atoms with Gasteiger partial charge >= 0.3 is 6.18 Å². The standard InChI is InChI=1S/C23H22ClF4N3O2/c1-4-14(15-8-9-17(25)20(24)21(15)33-3)10-22(32,23(26,27)28)12-30-18-6-5-7-19-16(18)11-29-13(2)31-19/h5-9,11-12,14,32H,4,10H2,1-3H3/t14-,22-/m1/s1. The van der Waals surface area contributed by atoms with Crippen LogP contribution < -0.4 is 4.74 Å². The minimum atomic E-state index is -5.03. The smallest absolute Gasteiger partial charge is 0.422 e. The monoisotopic (exact) mass is 483 g/mol. The maximum absolute atomic E-state index is 14.0. The molecule has 1 heterocycles. The molecule has 1 N–H and O–H groups in total. The number of nitrogens with zero attached hydrogens (tertiary/aromatic N) is 3. The number of rotatable bonds is 7. The van der Waals surface area contributed by atoms with Crippen LogP contribution in [-0.2, 0) is 0 Å². The van der Waals surface area contributed by atoms with Gasteiger partial charge in [0.2, 0.25) is 0 Å². The van der Waals surface area contributed by atoms with Crippen molar-refractivity contribution in [3.63, 3.8) is 0 Å². The van der Waals surface area contributed by atoms with Gasteiger partial charge in [-0.05, 0) is 49.4 Å². The van der Waals surface area contributed by atoms with Gasteiger partial charge in [0.25, 0.3) is 0 Å². The van der Waals surface area contributed by atoms with E-state index in [0.717, 1.165) is 6.07 Å². The second-order valence-electron chi connectivity index (χ2n) is 7.60. The first-order valence-corrected chi connectivity index (χ1v) is 10.5. The van der Waals surface area contributed by atoms with Gasteiger partial charge in [0.15, 0.2) is 5.60 Å². The fourth-order valence-corrected chi connectivity index (χ4v) is 3.84. The SMILES string of the molecule is CC[C@H](C[C@@](O)(C=Nc1cccc2nc(C)ncc12)C(F)(F)F)c1ccc(F)c(Cl)c1OC. The summed E-state index contributed by atoms with van der Waals surface area (Å²) in [6, 6.07) is 7.17. The molecule has 2 aromatic carbocycles. The molecule has 0 radical (unpaired) electrons. The number of aliphatic hydroxyl groups is 1. The summed E-state index contributed by atoms with van der Waals surface area (Å²) < 4.78 is 61.1. The molecule has 1 aromatic heterocycles. The number of aromatic nitrogens is 2. The van der Waals surface area contributed by atoms with Crippen LogP contribution in [0.2, 0.25) is 5.02 Å². The quantitative estimate of drug-likeness (QED) is 0.315. The predicted molar refractivity (Wildman–Crippen MR) is 119 cm³/mol. The zero-order valence-electron chi connectivity index (χ0n) is 18.1. The van der Waals surface area contributed by atoms with Gasteiger partial charge in [0, 0.05) is 17.8 Å². The number of aliphatic imine (C=N–C) groups is 1. The third-order valence-electron chi connectivity index (χ3n) is 5.41. The Kier molecular flexibility index (Phi) is 7.23. The van der Waals surface area contributed by atoms with Crippen molar-refractivity contribution in [2.24, 2.45) is 4.99 Å². The lowest BCUT2D eigenvalue weighted by molar-refractivity contribution is -0.232. The second-order valence-corrected chi connectivity index (χ2v) is 7.98. The van der Waals surface area contributed by atoms with Crippen molar-refractivity contribution < 1.29 is 27.4 Å². The first-order chi connectivity index (χ1) is 15.5. The van der Waals surface area contributed by atoms with E-state index >= 15 is 0 Å². The number of methoxy groups -OCH3 is 1. The minimum Gasteiger partial charge on any atom is -0.495 e. The predicted octanol–water partition coefficient (Wildman–Crippen LogP) is 6.32. The molecular weight excluding hydrogens is 462 g/mol. The van der Waals surface area contributed by atoms with Gasteiger partial charge in [-0.25, -0.2) is 14.4 Å². The molecule has 10 heteroatoms. The number of aryl methyl sites for hydroxylation is 1. The molecule has 0 saturated heterocycles. The highest BCUT2D eigenvalue weighted by atomic mass is 35.5. The first kappa shape index (κ1) is 24.9.